The van der Waals surface area contributed by atoms with E-state index in [9.17, 15) is 0 Å². The maximum atomic E-state index is 7.10. The molecule has 4 nitrogen and oxygen atoms in total. The van der Waals surface area contributed by atoms with E-state index in [-0.39, 0.29) is 5.84 Å². The highest BCUT2D eigenvalue weighted by molar-refractivity contribution is 5.76. The largest absolute Gasteiger partial charge is 0.494 e. The number of amidine groups is 1. The Morgan fingerprint density at radius 2 is 1.61 bits per heavy atom. The Hall–Kier alpha value is -1.71. The Morgan fingerprint density at radius 1 is 1.06 bits per heavy atom. The number of rotatable bonds is 9. The van der Waals surface area contributed by atoms with Crippen molar-refractivity contribution in [1.82, 2.24) is 0 Å². The molecule has 0 radical (unpaired) electrons. The van der Waals surface area contributed by atoms with E-state index >= 15 is 0 Å². The molecule has 0 saturated carbocycles. The van der Waals surface area contributed by atoms with Crippen molar-refractivity contribution in [3.8, 4) is 11.5 Å². The molecule has 1 rings (SSSR count). The molecular formula is C14H22N2O2. The lowest BCUT2D eigenvalue weighted by Gasteiger charge is -2.08. The monoisotopic (exact) mass is 250 g/mol. The van der Waals surface area contributed by atoms with Crippen molar-refractivity contribution in [3.05, 3.63) is 24.3 Å². The van der Waals surface area contributed by atoms with Gasteiger partial charge in [-0.1, -0.05) is 6.92 Å². The Labute approximate surface area is 109 Å². The molecule has 18 heavy (non-hydrogen) atoms. The van der Waals surface area contributed by atoms with Crippen molar-refractivity contribution in [2.24, 2.45) is 5.73 Å². The maximum absolute atomic E-state index is 7.10. The Bertz CT molecular complexity index is 349. The van der Waals surface area contributed by atoms with Crippen molar-refractivity contribution in [3.63, 3.8) is 0 Å². The van der Waals surface area contributed by atoms with Gasteiger partial charge in [0.1, 0.15) is 11.5 Å². The van der Waals surface area contributed by atoms with Gasteiger partial charge >= 0.3 is 0 Å². The molecule has 0 aromatic heterocycles. The summed E-state index contributed by atoms with van der Waals surface area (Å²) >= 11 is 0. The normalized spacial score (nSPS) is 10.1. The summed E-state index contributed by atoms with van der Waals surface area (Å²) in [6, 6.07) is 7.66. The van der Waals surface area contributed by atoms with Crippen LogP contribution in [0.1, 0.15) is 32.6 Å². The van der Waals surface area contributed by atoms with Gasteiger partial charge in [0.25, 0.3) is 0 Å². The van der Waals surface area contributed by atoms with Gasteiger partial charge in [-0.2, -0.15) is 0 Å². The summed E-state index contributed by atoms with van der Waals surface area (Å²) in [5.74, 6) is 1.97. The molecule has 0 saturated heterocycles. The fraction of sp³-hybridized carbons (Fsp3) is 0.500. The van der Waals surface area contributed by atoms with Crippen molar-refractivity contribution >= 4 is 5.84 Å². The average Bonchev–Trinajstić information content (AvgIpc) is 2.37. The molecule has 0 aliphatic rings. The van der Waals surface area contributed by atoms with Gasteiger partial charge in [0.05, 0.1) is 19.0 Å². The van der Waals surface area contributed by atoms with Gasteiger partial charge in [0.15, 0.2) is 0 Å². The van der Waals surface area contributed by atoms with Gasteiger partial charge in [-0.25, -0.2) is 0 Å². The van der Waals surface area contributed by atoms with Crippen LogP contribution >= 0.6 is 0 Å². The molecule has 4 heteroatoms. The molecule has 1 aromatic rings. The fourth-order valence-electron chi connectivity index (χ4n) is 1.46. The lowest BCUT2D eigenvalue weighted by atomic mass is 10.2. The second-order valence-corrected chi connectivity index (χ2v) is 4.15. The van der Waals surface area contributed by atoms with E-state index in [0.29, 0.717) is 13.0 Å². The van der Waals surface area contributed by atoms with Crippen LogP contribution in [0.5, 0.6) is 11.5 Å². The molecule has 0 aliphatic carbocycles. The molecular weight excluding hydrogens is 228 g/mol. The molecule has 0 amide bonds. The van der Waals surface area contributed by atoms with E-state index in [1.54, 1.807) is 0 Å². The molecule has 0 atom stereocenters. The maximum Gasteiger partial charge on any atom is 0.119 e. The van der Waals surface area contributed by atoms with Gasteiger partial charge in [-0.05, 0) is 43.5 Å². The van der Waals surface area contributed by atoms with E-state index in [1.165, 1.54) is 0 Å². The first-order valence-corrected chi connectivity index (χ1v) is 6.41. The lowest BCUT2D eigenvalue weighted by molar-refractivity contribution is 0.303. The molecule has 0 aliphatic heterocycles. The predicted octanol–water partition coefficient (Wildman–Crippen LogP) is 2.96. The standard InChI is InChI=1S/C14H22N2O2/c1-2-10-17-12-6-8-13(9-7-12)18-11-4-3-5-14(15)16/h6-9H,2-5,10-11H2,1H3,(H3,15,16). The van der Waals surface area contributed by atoms with Crippen LogP contribution in [0.2, 0.25) is 0 Å². The van der Waals surface area contributed by atoms with Crippen LogP contribution in [-0.4, -0.2) is 19.0 Å². The zero-order valence-electron chi connectivity index (χ0n) is 10.9. The second-order valence-electron chi connectivity index (χ2n) is 4.15. The highest BCUT2D eigenvalue weighted by Gasteiger charge is 1.97. The van der Waals surface area contributed by atoms with Crippen LogP contribution in [0.4, 0.5) is 0 Å². The molecule has 0 spiro atoms. The van der Waals surface area contributed by atoms with Crippen LogP contribution in [-0.2, 0) is 0 Å². The first kappa shape index (κ1) is 14.4. The molecule has 0 heterocycles. The van der Waals surface area contributed by atoms with Gasteiger partial charge in [0.2, 0.25) is 0 Å². The number of unbranched alkanes of at least 4 members (excludes halogenated alkanes) is 1. The average molecular weight is 250 g/mol. The molecule has 0 fully saturated rings. The van der Waals surface area contributed by atoms with Crippen molar-refractivity contribution < 1.29 is 9.47 Å². The summed E-state index contributed by atoms with van der Waals surface area (Å²) in [4.78, 5) is 0. The zero-order chi connectivity index (χ0) is 13.2. The summed E-state index contributed by atoms with van der Waals surface area (Å²) in [5.41, 5.74) is 5.27. The third-order valence-electron chi connectivity index (χ3n) is 2.41. The minimum Gasteiger partial charge on any atom is -0.494 e. The predicted molar refractivity (Wildman–Crippen MR) is 73.5 cm³/mol. The third-order valence-corrected chi connectivity index (χ3v) is 2.41. The van der Waals surface area contributed by atoms with Crippen LogP contribution in [0.3, 0.4) is 0 Å². The SMILES string of the molecule is CCCOc1ccc(OCCCCC(=N)N)cc1. The van der Waals surface area contributed by atoms with Crippen LogP contribution in [0.15, 0.2) is 24.3 Å². The molecule has 0 unspecified atom stereocenters. The number of benzene rings is 1. The van der Waals surface area contributed by atoms with E-state index in [2.05, 4.69) is 6.92 Å². The van der Waals surface area contributed by atoms with Gasteiger partial charge in [-0.3, -0.25) is 5.41 Å². The molecule has 0 bridgehead atoms. The minimum atomic E-state index is 0.243. The molecule has 100 valence electrons. The van der Waals surface area contributed by atoms with Crippen molar-refractivity contribution in [2.75, 3.05) is 13.2 Å². The van der Waals surface area contributed by atoms with Crippen LogP contribution in [0, 0.1) is 5.41 Å². The molecule has 3 N–H and O–H groups in total. The highest BCUT2D eigenvalue weighted by atomic mass is 16.5. The summed E-state index contributed by atoms with van der Waals surface area (Å²) < 4.78 is 11.1. The fourth-order valence-corrected chi connectivity index (χ4v) is 1.46. The van der Waals surface area contributed by atoms with E-state index < -0.39 is 0 Å². The zero-order valence-corrected chi connectivity index (χ0v) is 10.9. The van der Waals surface area contributed by atoms with Gasteiger partial charge < -0.3 is 15.2 Å². The third kappa shape index (κ3) is 6.13. The quantitative estimate of drug-likeness (QED) is 0.402. The Balaban J connectivity index is 2.20. The topological polar surface area (TPSA) is 68.3 Å². The van der Waals surface area contributed by atoms with Gasteiger partial charge in [0, 0.05) is 6.42 Å². The smallest absolute Gasteiger partial charge is 0.119 e. The number of hydrogen-bond acceptors (Lipinski definition) is 3. The first-order chi connectivity index (χ1) is 8.72. The highest BCUT2D eigenvalue weighted by Crippen LogP contribution is 2.18. The lowest BCUT2D eigenvalue weighted by Crippen LogP contribution is -2.09. The molecule has 1 aromatic carbocycles. The first-order valence-electron chi connectivity index (χ1n) is 6.41. The van der Waals surface area contributed by atoms with Crippen LogP contribution in [0.25, 0.3) is 0 Å². The van der Waals surface area contributed by atoms with Crippen LogP contribution < -0.4 is 15.2 Å². The second kappa shape index (κ2) is 8.39. The summed E-state index contributed by atoms with van der Waals surface area (Å²) in [6.07, 6.45) is 3.46. The van der Waals surface area contributed by atoms with Gasteiger partial charge in [-0.15, -0.1) is 0 Å². The van der Waals surface area contributed by atoms with E-state index in [1.807, 2.05) is 24.3 Å². The summed E-state index contributed by atoms with van der Waals surface area (Å²) in [6.45, 7) is 3.48. The number of nitrogens with one attached hydrogen (secondary N) is 1. The summed E-state index contributed by atoms with van der Waals surface area (Å²) in [7, 11) is 0. The van der Waals surface area contributed by atoms with E-state index in [0.717, 1.165) is 37.4 Å². The minimum absolute atomic E-state index is 0.243. The number of nitrogens with two attached hydrogens (primary N) is 1. The Kier molecular flexibility index (Phi) is 6.69. The number of ether oxygens (including phenoxy) is 2. The summed E-state index contributed by atoms with van der Waals surface area (Å²) in [5, 5.41) is 7.10. The Morgan fingerprint density at radius 3 is 2.11 bits per heavy atom. The van der Waals surface area contributed by atoms with E-state index in [4.69, 9.17) is 20.6 Å². The number of hydrogen-bond donors (Lipinski definition) is 2. The van der Waals surface area contributed by atoms with Crippen molar-refractivity contribution in [2.45, 2.75) is 32.6 Å². The van der Waals surface area contributed by atoms with Crippen molar-refractivity contribution in [1.29, 1.82) is 5.41 Å².